The van der Waals surface area contributed by atoms with Crippen molar-refractivity contribution in [3.63, 3.8) is 0 Å². The van der Waals surface area contributed by atoms with Gasteiger partial charge in [0.2, 0.25) is 5.91 Å². The lowest BCUT2D eigenvalue weighted by molar-refractivity contribution is -0.151. The quantitative estimate of drug-likeness (QED) is 0.0322. The Kier molecular flexibility index (Phi) is 48.1. The van der Waals surface area contributed by atoms with E-state index in [1.807, 2.05) is 0 Å². The summed E-state index contributed by atoms with van der Waals surface area (Å²) in [6.45, 7) is 6.42. The molecule has 0 bridgehead atoms. The van der Waals surface area contributed by atoms with Gasteiger partial charge >= 0.3 is 5.97 Å². The largest absolute Gasteiger partial charge is 0.462 e. The molecule has 0 saturated heterocycles. The van der Waals surface area contributed by atoms with E-state index in [1.54, 1.807) is 0 Å². The van der Waals surface area contributed by atoms with Crippen molar-refractivity contribution in [1.82, 2.24) is 5.32 Å². The van der Waals surface area contributed by atoms with Crippen LogP contribution in [0.5, 0.6) is 0 Å². The minimum atomic E-state index is -0.799. The van der Waals surface area contributed by atoms with Gasteiger partial charge in [0.05, 0.1) is 25.2 Å². The van der Waals surface area contributed by atoms with E-state index in [0.717, 1.165) is 77.0 Å². The van der Waals surface area contributed by atoms with Crippen LogP contribution >= 0.6 is 0 Å². The molecule has 3 unspecified atom stereocenters. The van der Waals surface area contributed by atoms with Crippen LogP contribution in [0, 0.1) is 0 Å². The molecule has 62 heavy (non-hydrogen) atoms. The molecule has 0 radical (unpaired) electrons. The van der Waals surface area contributed by atoms with Crippen molar-refractivity contribution in [3.8, 4) is 0 Å². The fourth-order valence-corrected chi connectivity index (χ4v) is 8.01. The molecule has 6 nitrogen and oxygen atoms in total. The Morgan fingerprint density at radius 3 is 1.35 bits per heavy atom. The van der Waals surface area contributed by atoms with Gasteiger partial charge in [0, 0.05) is 6.42 Å². The topological polar surface area (TPSA) is 95.9 Å². The molecule has 1 amide bonds. The number of ether oxygens (including phenoxy) is 1. The smallest absolute Gasteiger partial charge is 0.306 e. The van der Waals surface area contributed by atoms with Gasteiger partial charge in [-0.1, -0.05) is 223 Å². The average molecular weight is 870 g/mol. The molecule has 0 spiro atoms. The maximum Gasteiger partial charge on any atom is 0.306 e. The van der Waals surface area contributed by atoms with Crippen LogP contribution in [0.3, 0.4) is 0 Å². The molecule has 0 fully saturated rings. The summed E-state index contributed by atoms with van der Waals surface area (Å²) in [5, 5.41) is 23.8. The van der Waals surface area contributed by atoms with Gasteiger partial charge in [-0.25, -0.2) is 0 Å². The molecule has 0 aliphatic rings. The van der Waals surface area contributed by atoms with E-state index in [0.29, 0.717) is 19.3 Å². The van der Waals surface area contributed by atoms with E-state index in [4.69, 9.17) is 4.74 Å². The standard InChI is InChI=1S/C56H103NO5/c1-4-7-10-13-16-19-22-24-26-27-29-31-34-36-39-42-45-48-54(59)53(51-58)57-55(60)50-52(62-56(61)49-46-43-40-37-32-21-18-15-12-9-6-3)47-44-41-38-35-33-30-28-25-23-20-17-14-11-8-5-2/h15,17-18,20,25,28,33,35,52-54,58-59H,4-14,16,19,21-24,26-27,29-32,34,36-51H2,1-3H3,(H,57,60)/b18-15-,20-17-,28-25-,35-33-. The van der Waals surface area contributed by atoms with Gasteiger partial charge in [0.1, 0.15) is 6.10 Å². The predicted molar refractivity (Wildman–Crippen MR) is 269 cm³/mol. The van der Waals surface area contributed by atoms with Crippen LogP contribution in [0.2, 0.25) is 0 Å². The van der Waals surface area contributed by atoms with Gasteiger partial charge in [-0.15, -0.1) is 0 Å². The normalized spacial score (nSPS) is 13.6. The summed E-state index contributed by atoms with van der Waals surface area (Å²) in [7, 11) is 0. The maximum atomic E-state index is 13.2. The molecule has 362 valence electrons. The van der Waals surface area contributed by atoms with E-state index in [2.05, 4.69) is 74.7 Å². The van der Waals surface area contributed by atoms with Crippen molar-refractivity contribution in [3.05, 3.63) is 48.6 Å². The molecule has 0 aromatic carbocycles. The van der Waals surface area contributed by atoms with Gasteiger partial charge in [-0.05, 0) is 83.5 Å². The van der Waals surface area contributed by atoms with Crippen LogP contribution < -0.4 is 5.32 Å². The highest BCUT2D eigenvalue weighted by Gasteiger charge is 2.24. The van der Waals surface area contributed by atoms with Crippen LogP contribution in [0.1, 0.15) is 271 Å². The molecule has 0 saturated carbocycles. The molecule has 0 aliphatic heterocycles. The van der Waals surface area contributed by atoms with Crippen molar-refractivity contribution in [2.24, 2.45) is 0 Å². The minimum Gasteiger partial charge on any atom is -0.462 e. The third-order valence-electron chi connectivity index (χ3n) is 12.1. The van der Waals surface area contributed by atoms with Crippen molar-refractivity contribution in [1.29, 1.82) is 0 Å². The summed E-state index contributed by atoms with van der Waals surface area (Å²) < 4.78 is 5.91. The predicted octanol–water partition coefficient (Wildman–Crippen LogP) is 16.2. The molecule has 6 heteroatoms. The highest BCUT2D eigenvalue weighted by Crippen LogP contribution is 2.17. The Bertz CT molecular complexity index is 1070. The van der Waals surface area contributed by atoms with E-state index in [1.165, 1.54) is 148 Å². The zero-order valence-electron chi connectivity index (χ0n) is 41.3. The van der Waals surface area contributed by atoms with Gasteiger partial charge in [0.15, 0.2) is 0 Å². The molecule has 0 aromatic heterocycles. The maximum absolute atomic E-state index is 13.2. The lowest BCUT2D eigenvalue weighted by Crippen LogP contribution is -2.46. The molecule has 3 N–H and O–H groups in total. The third kappa shape index (κ3) is 44.4. The lowest BCUT2D eigenvalue weighted by Gasteiger charge is -2.24. The van der Waals surface area contributed by atoms with Gasteiger partial charge in [-0.3, -0.25) is 9.59 Å². The first-order chi connectivity index (χ1) is 30.5. The number of unbranched alkanes of at least 4 members (excludes halogenated alkanes) is 28. The zero-order valence-corrected chi connectivity index (χ0v) is 41.3. The number of hydrogen-bond acceptors (Lipinski definition) is 5. The number of carbonyl (C=O) groups is 2. The fraction of sp³-hybridized carbons (Fsp3) is 0.821. The second-order valence-electron chi connectivity index (χ2n) is 18.3. The molecule has 0 aromatic rings. The van der Waals surface area contributed by atoms with E-state index in [9.17, 15) is 19.8 Å². The Hall–Kier alpha value is -2.18. The number of allylic oxidation sites excluding steroid dienone is 8. The third-order valence-corrected chi connectivity index (χ3v) is 12.1. The first-order valence-electron chi connectivity index (χ1n) is 26.9. The number of aliphatic hydroxyl groups is 2. The van der Waals surface area contributed by atoms with E-state index < -0.39 is 18.2 Å². The van der Waals surface area contributed by atoms with Crippen molar-refractivity contribution in [2.45, 2.75) is 289 Å². The monoisotopic (exact) mass is 870 g/mol. The van der Waals surface area contributed by atoms with E-state index in [-0.39, 0.29) is 24.9 Å². The summed E-state index contributed by atoms with van der Waals surface area (Å²) in [6, 6.07) is -0.715. The van der Waals surface area contributed by atoms with Crippen molar-refractivity contribution in [2.75, 3.05) is 6.61 Å². The van der Waals surface area contributed by atoms with Gasteiger partial charge < -0.3 is 20.3 Å². The highest BCUT2D eigenvalue weighted by atomic mass is 16.5. The summed E-state index contributed by atoms with van der Waals surface area (Å²) in [5.74, 6) is -0.517. The first-order valence-corrected chi connectivity index (χ1v) is 26.9. The minimum absolute atomic E-state index is 0.0491. The van der Waals surface area contributed by atoms with Crippen molar-refractivity contribution < 1.29 is 24.5 Å². The SMILES string of the molecule is CCCC/C=C\CCCCCCCC(=O)OC(CCCC/C=C\C/C=C\C/C=C\CCCCC)CC(=O)NC(CO)C(O)CCCCCCCCCCCCCCCCCCC. The van der Waals surface area contributed by atoms with Crippen LogP contribution in [-0.2, 0) is 14.3 Å². The molecule has 3 atom stereocenters. The van der Waals surface area contributed by atoms with E-state index >= 15 is 0 Å². The second kappa shape index (κ2) is 49.8. The Morgan fingerprint density at radius 2 is 0.839 bits per heavy atom. The number of nitrogens with one attached hydrogen (secondary N) is 1. The van der Waals surface area contributed by atoms with Gasteiger partial charge in [0.25, 0.3) is 0 Å². The second-order valence-corrected chi connectivity index (χ2v) is 18.3. The molecular formula is C56H103NO5. The van der Waals surface area contributed by atoms with Crippen LogP contribution in [-0.4, -0.2) is 46.9 Å². The van der Waals surface area contributed by atoms with Crippen LogP contribution in [0.25, 0.3) is 0 Å². The Labute approximate surface area is 385 Å². The zero-order chi connectivity index (χ0) is 45.2. The highest BCUT2D eigenvalue weighted by molar-refractivity contribution is 5.77. The number of amides is 1. The first kappa shape index (κ1) is 59.8. The number of esters is 1. The van der Waals surface area contributed by atoms with Gasteiger partial charge in [-0.2, -0.15) is 0 Å². The fourth-order valence-electron chi connectivity index (χ4n) is 8.01. The number of rotatable bonds is 48. The lowest BCUT2D eigenvalue weighted by atomic mass is 10.0. The van der Waals surface area contributed by atoms with Crippen LogP contribution in [0.15, 0.2) is 48.6 Å². The summed E-state index contributed by atoms with van der Waals surface area (Å²) in [4.78, 5) is 26.1. The molecule has 0 heterocycles. The number of hydrogen-bond donors (Lipinski definition) is 3. The number of carbonyl (C=O) groups excluding carboxylic acids is 2. The summed E-state index contributed by atoms with van der Waals surface area (Å²) in [5.41, 5.74) is 0. The summed E-state index contributed by atoms with van der Waals surface area (Å²) in [6.07, 6.45) is 60.3. The molecule has 0 rings (SSSR count). The number of aliphatic hydroxyl groups excluding tert-OH is 2. The average Bonchev–Trinajstić information content (AvgIpc) is 3.26. The van der Waals surface area contributed by atoms with Crippen LogP contribution in [0.4, 0.5) is 0 Å². The molecule has 0 aliphatic carbocycles. The Morgan fingerprint density at radius 1 is 0.468 bits per heavy atom. The molecular weight excluding hydrogens is 767 g/mol. The summed E-state index contributed by atoms with van der Waals surface area (Å²) >= 11 is 0. The Balaban J connectivity index is 4.57. The van der Waals surface area contributed by atoms with Crippen molar-refractivity contribution >= 4 is 11.9 Å².